The molecule has 0 atom stereocenters. The zero-order valence-electron chi connectivity index (χ0n) is 15.0. The number of nitrogens with zero attached hydrogens (tertiary/aromatic N) is 7. The molecule has 1 aliphatic heterocycles. The standard InChI is InChI=1S/C17H18ClN7O2/c1-11-7-12(25(26)27)8-14(18)15(11)23-3-5-24(6-4-23)17-13-9-21-22(2)16(13)19-10-20-17/h7-10H,3-6H2,1-2H3. The third-order valence-electron chi connectivity index (χ3n) is 4.85. The highest BCUT2D eigenvalue weighted by atomic mass is 35.5. The van der Waals surface area contributed by atoms with Crippen LogP contribution in [0.1, 0.15) is 5.56 Å². The zero-order chi connectivity index (χ0) is 19.1. The minimum Gasteiger partial charge on any atom is -0.367 e. The average Bonchev–Trinajstić information content (AvgIpc) is 3.03. The summed E-state index contributed by atoms with van der Waals surface area (Å²) in [6.07, 6.45) is 3.34. The molecule has 0 N–H and O–H groups in total. The quantitative estimate of drug-likeness (QED) is 0.503. The third kappa shape index (κ3) is 3.03. The number of aromatic nitrogens is 4. The van der Waals surface area contributed by atoms with Gasteiger partial charge >= 0.3 is 0 Å². The number of hydrogen-bond acceptors (Lipinski definition) is 7. The smallest absolute Gasteiger partial charge is 0.271 e. The van der Waals surface area contributed by atoms with Crippen molar-refractivity contribution in [3.05, 3.63) is 45.4 Å². The van der Waals surface area contributed by atoms with Gasteiger partial charge in [0.1, 0.15) is 12.1 Å². The van der Waals surface area contributed by atoms with E-state index in [0.29, 0.717) is 5.02 Å². The zero-order valence-corrected chi connectivity index (χ0v) is 15.7. The van der Waals surface area contributed by atoms with Gasteiger partial charge in [-0.2, -0.15) is 5.10 Å². The van der Waals surface area contributed by atoms with E-state index in [-0.39, 0.29) is 5.69 Å². The number of hydrogen-bond donors (Lipinski definition) is 0. The maximum Gasteiger partial charge on any atom is 0.271 e. The van der Waals surface area contributed by atoms with Crippen molar-refractivity contribution in [2.45, 2.75) is 6.92 Å². The van der Waals surface area contributed by atoms with E-state index in [1.807, 2.05) is 14.0 Å². The van der Waals surface area contributed by atoms with Gasteiger partial charge in [0.2, 0.25) is 0 Å². The number of halogens is 1. The van der Waals surface area contributed by atoms with Gasteiger partial charge in [0.05, 0.1) is 27.2 Å². The van der Waals surface area contributed by atoms with Crippen LogP contribution in [0.3, 0.4) is 0 Å². The molecule has 1 aromatic carbocycles. The Bertz CT molecular complexity index is 1000. The molecule has 9 nitrogen and oxygen atoms in total. The van der Waals surface area contributed by atoms with Crippen LogP contribution in [-0.2, 0) is 7.05 Å². The number of fused-ring (bicyclic) bond motifs is 1. The first-order valence-corrected chi connectivity index (χ1v) is 8.90. The van der Waals surface area contributed by atoms with Gasteiger partial charge in [0.25, 0.3) is 5.69 Å². The highest BCUT2D eigenvalue weighted by Gasteiger charge is 2.24. The summed E-state index contributed by atoms with van der Waals surface area (Å²) < 4.78 is 1.73. The molecule has 1 saturated heterocycles. The van der Waals surface area contributed by atoms with Gasteiger partial charge in [-0.3, -0.25) is 14.8 Å². The topological polar surface area (TPSA) is 93.2 Å². The second-order valence-electron chi connectivity index (χ2n) is 6.53. The van der Waals surface area contributed by atoms with E-state index in [9.17, 15) is 10.1 Å². The number of piperazine rings is 1. The Labute approximate surface area is 160 Å². The molecule has 0 saturated carbocycles. The van der Waals surface area contributed by atoms with Crippen LogP contribution in [0, 0.1) is 17.0 Å². The summed E-state index contributed by atoms with van der Waals surface area (Å²) in [5.41, 5.74) is 2.48. The van der Waals surface area contributed by atoms with Crippen molar-refractivity contribution in [2.24, 2.45) is 7.05 Å². The van der Waals surface area contributed by atoms with Crippen molar-refractivity contribution in [3.63, 3.8) is 0 Å². The molecule has 0 bridgehead atoms. The van der Waals surface area contributed by atoms with Crippen molar-refractivity contribution in [1.82, 2.24) is 19.7 Å². The van der Waals surface area contributed by atoms with Gasteiger partial charge in [0, 0.05) is 45.4 Å². The Balaban J connectivity index is 1.57. The van der Waals surface area contributed by atoms with Crippen molar-refractivity contribution in [3.8, 4) is 0 Å². The molecule has 4 rings (SSSR count). The Morgan fingerprint density at radius 3 is 2.52 bits per heavy atom. The normalized spacial score (nSPS) is 14.8. The molecule has 0 spiro atoms. The molecule has 0 unspecified atom stereocenters. The van der Waals surface area contributed by atoms with E-state index in [1.165, 1.54) is 6.07 Å². The second kappa shape index (κ2) is 6.66. The minimum atomic E-state index is -0.422. The van der Waals surface area contributed by atoms with Crippen molar-refractivity contribution < 1.29 is 4.92 Å². The van der Waals surface area contributed by atoms with Crippen LogP contribution in [0.2, 0.25) is 5.02 Å². The molecule has 1 aliphatic rings. The lowest BCUT2D eigenvalue weighted by atomic mass is 10.1. The van der Waals surface area contributed by atoms with Gasteiger partial charge in [-0.1, -0.05) is 11.6 Å². The largest absolute Gasteiger partial charge is 0.367 e. The van der Waals surface area contributed by atoms with Crippen LogP contribution in [0.25, 0.3) is 11.0 Å². The summed E-state index contributed by atoms with van der Waals surface area (Å²) in [4.78, 5) is 23.7. The summed E-state index contributed by atoms with van der Waals surface area (Å²) in [7, 11) is 1.86. The number of rotatable bonds is 3. The molecular formula is C17H18ClN7O2. The first-order valence-electron chi connectivity index (χ1n) is 8.53. The number of anilines is 2. The van der Waals surface area contributed by atoms with Crippen LogP contribution < -0.4 is 9.80 Å². The fraction of sp³-hybridized carbons (Fsp3) is 0.353. The number of nitro benzene ring substituents is 1. The molecule has 140 valence electrons. The molecular weight excluding hydrogens is 370 g/mol. The van der Waals surface area contributed by atoms with E-state index in [2.05, 4.69) is 24.9 Å². The Kier molecular flexibility index (Phi) is 4.31. The van der Waals surface area contributed by atoms with Crippen LogP contribution in [0.4, 0.5) is 17.2 Å². The van der Waals surface area contributed by atoms with E-state index in [4.69, 9.17) is 11.6 Å². The van der Waals surface area contributed by atoms with E-state index in [1.54, 1.807) is 23.3 Å². The van der Waals surface area contributed by atoms with E-state index in [0.717, 1.165) is 54.3 Å². The molecule has 2 aromatic heterocycles. The number of benzene rings is 1. The number of nitro groups is 1. The monoisotopic (exact) mass is 387 g/mol. The Hall–Kier alpha value is -2.94. The molecule has 27 heavy (non-hydrogen) atoms. The molecule has 0 amide bonds. The highest BCUT2D eigenvalue weighted by molar-refractivity contribution is 6.33. The van der Waals surface area contributed by atoms with Crippen molar-refractivity contribution >= 4 is 39.8 Å². The lowest BCUT2D eigenvalue weighted by molar-refractivity contribution is -0.384. The van der Waals surface area contributed by atoms with Gasteiger partial charge in [0.15, 0.2) is 5.65 Å². The van der Waals surface area contributed by atoms with Gasteiger partial charge in [-0.25, -0.2) is 9.97 Å². The second-order valence-corrected chi connectivity index (χ2v) is 6.93. The Morgan fingerprint density at radius 2 is 1.85 bits per heavy atom. The molecule has 0 radical (unpaired) electrons. The summed E-state index contributed by atoms with van der Waals surface area (Å²) in [5, 5.41) is 16.6. The predicted molar refractivity (Wildman–Crippen MR) is 104 cm³/mol. The van der Waals surface area contributed by atoms with Crippen LogP contribution in [-0.4, -0.2) is 50.9 Å². The maximum atomic E-state index is 11.0. The first-order chi connectivity index (χ1) is 13.0. The minimum absolute atomic E-state index is 0.0137. The van der Waals surface area contributed by atoms with Crippen LogP contribution in [0.15, 0.2) is 24.7 Å². The van der Waals surface area contributed by atoms with Gasteiger partial charge < -0.3 is 9.80 Å². The maximum absolute atomic E-state index is 11.0. The van der Waals surface area contributed by atoms with Gasteiger partial charge in [-0.15, -0.1) is 0 Å². The molecule has 3 aromatic rings. The van der Waals surface area contributed by atoms with Crippen molar-refractivity contribution in [1.29, 1.82) is 0 Å². The summed E-state index contributed by atoms with van der Waals surface area (Å²) in [6.45, 7) is 4.85. The predicted octanol–water partition coefficient (Wildman–Crippen LogP) is 2.56. The lowest BCUT2D eigenvalue weighted by Crippen LogP contribution is -2.47. The summed E-state index contributed by atoms with van der Waals surface area (Å²) in [5.74, 6) is 0.874. The third-order valence-corrected chi connectivity index (χ3v) is 5.14. The summed E-state index contributed by atoms with van der Waals surface area (Å²) in [6, 6.07) is 2.98. The van der Waals surface area contributed by atoms with Crippen LogP contribution >= 0.6 is 11.6 Å². The van der Waals surface area contributed by atoms with Crippen molar-refractivity contribution in [2.75, 3.05) is 36.0 Å². The lowest BCUT2D eigenvalue weighted by Gasteiger charge is -2.37. The van der Waals surface area contributed by atoms with Gasteiger partial charge in [-0.05, 0) is 12.5 Å². The SMILES string of the molecule is Cc1cc([N+](=O)[O-])cc(Cl)c1N1CCN(c2ncnc3c2cnn3C)CC1. The first kappa shape index (κ1) is 17.5. The average molecular weight is 388 g/mol. The Morgan fingerprint density at radius 1 is 1.15 bits per heavy atom. The molecule has 3 heterocycles. The number of aryl methyl sites for hydroxylation is 2. The molecule has 10 heteroatoms. The fourth-order valence-corrected chi connectivity index (χ4v) is 3.95. The summed E-state index contributed by atoms with van der Waals surface area (Å²) >= 11 is 6.35. The highest BCUT2D eigenvalue weighted by Crippen LogP contribution is 2.35. The fourth-order valence-electron chi connectivity index (χ4n) is 3.57. The number of non-ortho nitro benzene ring substituents is 1. The van der Waals surface area contributed by atoms with E-state index >= 15 is 0 Å². The molecule has 1 fully saturated rings. The molecule has 0 aliphatic carbocycles. The van der Waals surface area contributed by atoms with E-state index < -0.39 is 4.92 Å². The van der Waals surface area contributed by atoms with Crippen LogP contribution in [0.5, 0.6) is 0 Å².